The Morgan fingerprint density at radius 1 is 1.27 bits per heavy atom. The van der Waals surface area contributed by atoms with Gasteiger partial charge in [0.15, 0.2) is 6.61 Å². The van der Waals surface area contributed by atoms with E-state index >= 15 is 0 Å². The maximum atomic E-state index is 12.3. The van der Waals surface area contributed by atoms with Gasteiger partial charge < -0.3 is 4.74 Å². The molecule has 0 bridgehead atoms. The van der Waals surface area contributed by atoms with Crippen LogP contribution in [0, 0.1) is 13.8 Å². The molecule has 0 fully saturated rings. The molecule has 0 aliphatic heterocycles. The highest BCUT2D eigenvalue weighted by Gasteiger charge is 2.28. The van der Waals surface area contributed by atoms with Crippen LogP contribution in [0.5, 0.6) is 5.75 Å². The molecular formula is C15H15F3N2O2. The molecule has 22 heavy (non-hydrogen) atoms. The van der Waals surface area contributed by atoms with Crippen molar-refractivity contribution >= 4 is 6.29 Å². The number of benzene rings is 1. The standard InChI is InChI=1S/C15H15F3N2O2/c1-9-14(10(2)20(3)19-9)12-4-11(7-21)5-13(6-12)22-8-15(16,17)18/h4-7H,8H2,1-3H3. The fraction of sp³-hybridized carbons (Fsp3) is 0.333. The van der Waals surface area contributed by atoms with Crippen LogP contribution < -0.4 is 4.74 Å². The highest BCUT2D eigenvalue weighted by atomic mass is 19.4. The third kappa shape index (κ3) is 3.47. The second kappa shape index (κ2) is 5.82. The average Bonchev–Trinajstić information content (AvgIpc) is 2.69. The summed E-state index contributed by atoms with van der Waals surface area (Å²) in [6.45, 7) is 2.24. The molecule has 0 atom stereocenters. The highest BCUT2D eigenvalue weighted by Crippen LogP contribution is 2.31. The SMILES string of the molecule is Cc1nn(C)c(C)c1-c1cc(C=O)cc(OCC(F)(F)F)c1. The Balaban J connectivity index is 2.46. The number of alkyl halides is 3. The van der Waals surface area contributed by atoms with Gasteiger partial charge in [-0.2, -0.15) is 18.3 Å². The number of ether oxygens (including phenoxy) is 1. The van der Waals surface area contributed by atoms with Gasteiger partial charge in [0, 0.05) is 23.9 Å². The maximum absolute atomic E-state index is 12.3. The Morgan fingerprint density at radius 3 is 2.45 bits per heavy atom. The lowest BCUT2D eigenvalue weighted by Crippen LogP contribution is -2.19. The van der Waals surface area contributed by atoms with Gasteiger partial charge in [-0.05, 0) is 37.6 Å². The molecule has 1 heterocycles. The van der Waals surface area contributed by atoms with Crippen molar-refractivity contribution in [3.8, 4) is 16.9 Å². The zero-order valence-corrected chi connectivity index (χ0v) is 12.4. The van der Waals surface area contributed by atoms with E-state index in [1.165, 1.54) is 12.1 Å². The van der Waals surface area contributed by atoms with Gasteiger partial charge in [0.05, 0.1) is 5.69 Å². The van der Waals surface area contributed by atoms with E-state index in [0.717, 1.165) is 17.0 Å². The molecule has 0 unspecified atom stereocenters. The number of aromatic nitrogens is 2. The molecular weight excluding hydrogens is 297 g/mol. The van der Waals surface area contributed by atoms with Gasteiger partial charge in [-0.25, -0.2) is 0 Å². The molecule has 4 nitrogen and oxygen atoms in total. The first kappa shape index (κ1) is 16.1. The zero-order chi connectivity index (χ0) is 16.5. The van der Waals surface area contributed by atoms with E-state index in [4.69, 9.17) is 4.74 Å². The van der Waals surface area contributed by atoms with E-state index in [-0.39, 0.29) is 11.3 Å². The topological polar surface area (TPSA) is 44.1 Å². The third-order valence-electron chi connectivity index (χ3n) is 3.27. The van der Waals surface area contributed by atoms with Crippen molar-refractivity contribution in [1.29, 1.82) is 0 Å². The van der Waals surface area contributed by atoms with Crippen LogP contribution in [-0.2, 0) is 7.05 Å². The Bertz CT molecular complexity index is 706. The summed E-state index contributed by atoms with van der Waals surface area (Å²) in [5.41, 5.74) is 3.21. The quantitative estimate of drug-likeness (QED) is 0.812. The van der Waals surface area contributed by atoms with Crippen molar-refractivity contribution in [3.63, 3.8) is 0 Å². The Morgan fingerprint density at radius 2 is 1.95 bits per heavy atom. The molecule has 1 aromatic heterocycles. The van der Waals surface area contributed by atoms with Crippen molar-refractivity contribution in [2.24, 2.45) is 7.05 Å². The molecule has 0 saturated heterocycles. The zero-order valence-electron chi connectivity index (χ0n) is 12.4. The van der Waals surface area contributed by atoms with Crippen LogP contribution in [0.1, 0.15) is 21.7 Å². The third-order valence-corrected chi connectivity index (χ3v) is 3.27. The number of rotatable bonds is 4. The predicted molar refractivity (Wildman–Crippen MR) is 75.1 cm³/mol. The van der Waals surface area contributed by atoms with Gasteiger partial charge >= 0.3 is 6.18 Å². The second-order valence-corrected chi connectivity index (χ2v) is 4.98. The minimum atomic E-state index is -4.43. The van der Waals surface area contributed by atoms with E-state index in [2.05, 4.69) is 5.10 Å². The predicted octanol–water partition coefficient (Wildman–Crippen LogP) is 3.46. The lowest BCUT2D eigenvalue weighted by molar-refractivity contribution is -0.153. The normalized spacial score (nSPS) is 11.5. The minimum absolute atomic E-state index is 0.000391. The molecule has 0 amide bonds. The van der Waals surface area contributed by atoms with Gasteiger partial charge in [-0.3, -0.25) is 9.48 Å². The Kier molecular flexibility index (Phi) is 4.25. The molecule has 0 spiro atoms. The van der Waals surface area contributed by atoms with Crippen LogP contribution in [-0.4, -0.2) is 28.8 Å². The first-order valence-electron chi connectivity index (χ1n) is 6.51. The lowest BCUT2D eigenvalue weighted by atomic mass is 10.0. The summed E-state index contributed by atoms with van der Waals surface area (Å²) in [4.78, 5) is 11.0. The Hall–Kier alpha value is -2.31. The summed E-state index contributed by atoms with van der Waals surface area (Å²) in [5, 5.41) is 4.26. The molecule has 2 rings (SSSR count). The highest BCUT2D eigenvalue weighted by molar-refractivity contribution is 5.81. The maximum Gasteiger partial charge on any atom is 0.422 e. The number of nitrogens with zero attached hydrogens (tertiary/aromatic N) is 2. The van der Waals surface area contributed by atoms with Crippen molar-refractivity contribution in [3.05, 3.63) is 35.2 Å². The van der Waals surface area contributed by atoms with Crippen LogP contribution in [0.2, 0.25) is 0 Å². The molecule has 118 valence electrons. The van der Waals surface area contributed by atoms with Gasteiger partial charge in [-0.1, -0.05) is 0 Å². The van der Waals surface area contributed by atoms with Gasteiger partial charge in [-0.15, -0.1) is 0 Å². The minimum Gasteiger partial charge on any atom is -0.484 e. The van der Waals surface area contributed by atoms with Crippen LogP contribution in [0.4, 0.5) is 13.2 Å². The van der Waals surface area contributed by atoms with Crippen molar-refractivity contribution in [2.45, 2.75) is 20.0 Å². The number of halogens is 3. The molecule has 0 radical (unpaired) electrons. The number of aryl methyl sites for hydroxylation is 2. The molecule has 7 heteroatoms. The van der Waals surface area contributed by atoms with Crippen LogP contribution in [0.15, 0.2) is 18.2 Å². The average molecular weight is 312 g/mol. The fourth-order valence-electron chi connectivity index (χ4n) is 2.27. The molecule has 2 aromatic rings. The first-order chi connectivity index (χ1) is 10.2. The molecule has 0 aliphatic carbocycles. The largest absolute Gasteiger partial charge is 0.484 e. The van der Waals surface area contributed by atoms with E-state index < -0.39 is 12.8 Å². The molecule has 0 N–H and O–H groups in total. The smallest absolute Gasteiger partial charge is 0.422 e. The first-order valence-corrected chi connectivity index (χ1v) is 6.51. The van der Waals surface area contributed by atoms with Gasteiger partial charge in [0.2, 0.25) is 0 Å². The lowest BCUT2D eigenvalue weighted by Gasteiger charge is -2.11. The summed E-state index contributed by atoms with van der Waals surface area (Å²) < 4.78 is 43.2. The van der Waals surface area contributed by atoms with Crippen molar-refractivity contribution < 1.29 is 22.7 Å². The monoisotopic (exact) mass is 312 g/mol. The fourth-order valence-corrected chi connectivity index (χ4v) is 2.27. The van der Waals surface area contributed by atoms with Crippen LogP contribution in [0.25, 0.3) is 11.1 Å². The Labute approximate surface area is 125 Å². The number of hydrogen-bond donors (Lipinski definition) is 0. The van der Waals surface area contributed by atoms with Gasteiger partial charge in [0.25, 0.3) is 0 Å². The molecule has 0 saturated carbocycles. The van der Waals surface area contributed by atoms with Crippen LogP contribution in [0.3, 0.4) is 0 Å². The van der Waals surface area contributed by atoms with E-state index in [9.17, 15) is 18.0 Å². The van der Waals surface area contributed by atoms with Gasteiger partial charge in [0.1, 0.15) is 12.0 Å². The summed E-state index contributed by atoms with van der Waals surface area (Å²) >= 11 is 0. The number of carbonyl (C=O) groups excluding carboxylic acids is 1. The van der Waals surface area contributed by atoms with E-state index in [0.29, 0.717) is 11.8 Å². The van der Waals surface area contributed by atoms with Crippen molar-refractivity contribution in [1.82, 2.24) is 9.78 Å². The number of aldehydes is 1. The van der Waals surface area contributed by atoms with E-state index in [1.54, 1.807) is 24.7 Å². The summed E-state index contributed by atoms with van der Waals surface area (Å²) in [6, 6.07) is 4.36. The molecule has 0 aliphatic rings. The molecule has 1 aromatic carbocycles. The summed E-state index contributed by atoms with van der Waals surface area (Å²) in [5.74, 6) is -0.000391. The summed E-state index contributed by atoms with van der Waals surface area (Å²) in [7, 11) is 1.77. The van der Waals surface area contributed by atoms with E-state index in [1.807, 2.05) is 6.92 Å². The number of carbonyl (C=O) groups is 1. The van der Waals surface area contributed by atoms with Crippen LogP contribution >= 0.6 is 0 Å². The number of hydrogen-bond acceptors (Lipinski definition) is 3. The second-order valence-electron chi connectivity index (χ2n) is 4.98. The summed E-state index contributed by atoms with van der Waals surface area (Å²) in [6.07, 6.45) is -3.86. The van der Waals surface area contributed by atoms with Crippen molar-refractivity contribution in [2.75, 3.05) is 6.61 Å².